The van der Waals surface area contributed by atoms with Crippen molar-refractivity contribution in [2.24, 2.45) is 66.0 Å². The number of nitrogens with zero attached hydrogens (tertiary/aromatic N) is 5. The van der Waals surface area contributed by atoms with Gasteiger partial charge < -0.3 is 23.7 Å². The Morgan fingerprint density at radius 1 is 0.303 bits per heavy atom. The molecule has 3 aliphatic carbocycles. The van der Waals surface area contributed by atoms with Gasteiger partial charge in [-0.05, 0) is 217 Å². The van der Waals surface area contributed by atoms with Gasteiger partial charge in [0.1, 0.15) is 5.72 Å². The van der Waals surface area contributed by atoms with Crippen LogP contribution in [-0.4, -0.2) is 165 Å². The third-order valence-electron chi connectivity index (χ3n) is 24.9. The molecule has 0 aromatic rings. The molecule has 10 aliphatic rings. The number of ether oxygens (including phenoxy) is 5. The Labute approximate surface area is 614 Å². The number of halogens is 2. The zero-order chi connectivity index (χ0) is 76.8. The molecule has 7 heterocycles. The molecule has 586 valence electrons. The lowest BCUT2D eigenvalue weighted by Gasteiger charge is -2.47. The predicted molar refractivity (Wildman–Crippen MR) is 418 cm³/mol. The minimum absolute atomic E-state index is 0.0160. The van der Waals surface area contributed by atoms with Crippen molar-refractivity contribution in [2.75, 3.05) is 59.2 Å². The Morgan fingerprint density at radius 3 is 0.828 bits per heavy atom. The van der Waals surface area contributed by atoms with Gasteiger partial charge in [0.25, 0.3) is 0 Å². The Bertz CT molecular complexity index is 2290. The summed E-state index contributed by atoms with van der Waals surface area (Å²) in [7, 11) is 0. The third-order valence-corrected chi connectivity index (χ3v) is 24.9. The van der Waals surface area contributed by atoms with Crippen LogP contribution in [0.2, 0.25) is 0 Å². The maximum atomic E-state index is 13.5. The summed E-state index contributed by atoms with van der Waals surface area (Å²) in [5.41, 5.74) is 4.08. The first-order chi connectivity index (χ1) is 43.7. The van der Waals surface area contributed by atoms with Crippen LogP contribution in [0.1, 0.15) is 354 Å². The minimum atomic E-state index is -2.45. The van der Waals surface area contributed by atoms with Gasteiger partial charge in [0.05, 0.1) is 46.1 Å². The summed E-state index contributed by atoms with van der Waals surface area (Å²) in [6.07, 6.45) is 13.8. The van der Waals surface area contributed by atoms with Gasteiger partial charge >= 0.3 is 0 Å². The third kappa shape index (κ3) is 23.5. The molecule has 0 aromatic carbocycles. The molecule has 0 aromatic heterocycles. The van der Waals surface area contributed by atoms with Gasteiger partial charge in [-0.15, -0.1) is 0 Å². The first kappa shape index (κ1) is 89.1. The van der Waals surface area contributed by atoms with Crippen molar-refractivity contribution in [3.8, 4) is 0 Å². The van der Waals surface area contributed by atoms with Crippen LogP contribution in [-0.2, 0) is 23.7 Å². The Hall–Kier alpha value is -0.540. The van der Waals surface area contributed by atoms with Crippen LogP contribution in [0.25, 0.3) is 0 Å². The smallest absolute Gasteiger partial charge is 0.248 e. The maximum Gasteiger partial charge on any atom is 0.248 e. The molecule has 10 fully saturated rings. The van der Waals surface area contributed by atoms with E-state index in [1.807, 2.05) is 0 Å². The van der Waals surface area contributed by atoms with Crippen LogP contribution in [0.15, 0.2) is 0 Å². The van der Waals surface area contributed by atoms with Gasteiger partial charge in [-0.25, -0.2) is 8.78 Å². The second kappa shape index (κ2) is 29.5. The second-order valence-electron chi connectivity index (χ2n) is 47.9. The van der Waals surface area contributed by atoms with E-state index in [-0.39, 0.29) is 91.1 Å². The first-order valence-electron chi connectivity index (χ1n) is 40.1. The summed E-state index contributed by atoms with van der Waals surface area (Å²) < 4.78 is 57.2. The van der Waals surface area contributed by atoms with Crippen LogP contribution in [0.3, 0.4) is 0 Å². The molecule has 7 saturated heterocycles. The van der Waals surface area contributed by atoms with Crippen molar-refractivity contribution in [1.82, 2.24) is 24.5 Å². The fourth-order valence-corrected chi connectivity index (χ4v) is 18.9. The summed E-state index contributed by atoms with van der Waals surface area (Å²) in [5, 5.41) is 0. The molecule has 7 atom stereocenters. The monoisotopic (exact) mass is 1400 g/mol. The van der Waals surface area contributed by atoms with E-state index < -0.39 is 5.92 Å². The molecule has 0 radical (unpaired) electrons. The molecule has 3 saturated carbocycles. The highest BCUT2D eigenvalue weighted by Gasteiger charge is 2.60. The molecule has 0 amide bonds. The van der Waals surface area contributed by atoms with Crippen LogP contribution in [0.4, 0.5) is 8.78 Å². The van der Waals surface area contributed by atoms with Crippen molar-refractivity contribution < 1.29 is 32.5 Å². The molecule has 99 heavy (non-hydrogen) atoms. The lowest BCUT2D eigenvalue weighted by atomic mass is 9.66. The molecule has 4 spiro atoms. The second-order valence-corrected chi connectivity index (χ2v) is 47.9. The molecule has 0 N–H and O–H groups in total. The van der Waals surface area contributed by atoms with Crippen molar-refractivity contribution in [3.05, 3.63) is 0 Å². The Balaban J connectivity index is 0.000000215. The summed E-state index contributed by atoms with van der Waals surface area (Å²) in [4.78, 5) is 13.2. The molecule has 7 unspecified atom stereocenters. The first-order valence-corrected chi connectivity index (χ1v) is 40.1. The molecule has 12 heteroatoms. The van der Waals surface area contributed by atoms with Crippen molar-refractivity contribution in [1.29, 1.82) is 0 Å². The average Bonchev–Trinajstić information content (AvgIpc) is 1.60. The number of rotatable bonds is 0. The maximum absolute atomic E-state index is 13.5. The van der Waals surface area contributed by atoms with Crippen molar-refractivity contribution in [2.45, 2.75) is 435 Å². The van der Waals surface area contributed by atoms with E-state index in [9.17, 15) is 8.78 Å². The van der Waals surface area contributed by atoms with Crippen LogP contribution < -0.4 is 0 Å². The van der Waals surface area contributed by atoms with Gasteiger partial charge in [0, 0.05) is 102 Å². The summed E-state index contributed by atoms with van der Waals surface area (Å²) >= 11 is 0. The highest BCUT2D eigenvalue weighted by Crippen LogP contribution is 2.60. The van der Waals surface area contributed by atoms with Gasteiger partial charge in [-0.3, -0.25) is 24.5 Å². The highest BCUT2D eigenvalue weighted by atomic mass is 19.3. The quantitative estimate of drug-likeness (QED) is 0.234. The summed E-state index contributed by atoms with van der Waals surface area (Å²) in [6, 6.07) is 3.04. The number of hydrogen-bond acceptors (Lipinski definition) is 10. The fraction of sp³-hybridized carbons (Fsp3) is 1.00. The molecular formula is C87H169F2N5O5. The van der Waals surface area contributed by atoms with E-state index >= 15 is 0 Å². The van der Waals surface area contributed by atoms with Crippen molar-refractivity contribution in [3.63, 3.8) is 0 Å². The zero-order valence-corrected chi connectivity index (χ0v) is 73.4. The average molecular weight is 1400 g/mol. The normalized spacial score (nSPS) is 30.5. The van der Waals surface area contributed by atoms with E-state index in [1.54, 1.807) is 0 Å². The number of likely N-dealkylation sites (tertiary alicyclic amines) is 4. The predicted octanol–water partition coefficient (Wildman–Crippen LogP) is 22.5. The number of hydrogen-bond donors (Lipinski definition) is 0. The lowest BCUT2D eigenvalue weighted by molar-refractivity contribution is -0.292. The molecule has 10 rings (SSSR count). The zero-order valence-electron chi connectivity index (χ0n) is 73.4. The molecule has 7 aliphatic heterocycles. The van der Waals surface area contributed by atoms with Gasteiger partial charge in [-0.2, -0.15) is 0 Å². The van der Waals surface area contributed by atoms with E-state index in [2.05, 4.69) is 301 Å². The van der Waals surface area contributed by atoms with E-state index in [0.29, 0.717) is 45.4 Å². The van der Waals surface area contributed by atoms with Gasteiger partial charge in [0.15, 0.2) is 11.6 Å². The summed E-state index contributed by atoms with van der Waals surface area (Å²) in [6.45, 7) is 99.6. The molecule has 10 nitrogen and oxygen atoms in total. The van der Waals surface area contributed by atoms with E-state index in [1.165, 1.54) is 64.5 Å². The largest absolute Gasteiger partial charge is 0.359 e. The minimum Gasteiger partial charge on any atom is -0.359 e. The summed E-state index contributed by atoms with van der Waals surface area (Å²) in [5.74, 6) is -2.90. The Kier molecular flexibility index (Phi) is 26.5. The lowest BCUT2D eigenvalue weighted by Crippen LogP contribution is -2.57. The SMILES string of the molecule is CC(C)(C)C1CC(F)(F)CC1C(C)(C)C.CC(C)(C)C1CC2(CC2)CN1C(C)(C)C.CC(C)(C)C1CC2(CCCC2)CN1C(C)(C)C.CC(C)(C)C1CC2(CN1C(C)(C)C)OCCO2.CC(C)(C)C1COC(C)(C)N1C(C)(C)C.CC1(C)COC2(CC(C(C)(C)C)N(C(C)(C)C)C2)OC1. The fourth-order valence-electron chi connectivity index (χ4n) is 18.9. The van der Waals surface area contributed by atoms with E-state index in [4.69, 9.17) is 23.7 Å². The molecular weight excluding hydrogens is 1230 g/mol. The van der Waals surface area contributed by atoms with Crippen LogP contribution in [0, 0.1) is 66.0 Å². The van der Waals surface area contributed by atoms with Crippen LogP contribution in [0.5, 0.6) is 0 Å². The highest BCUT2D eigenvalue weighted by molar-refractivity contribution is 5.11. The number of alkyl halides is 2. The topological polar surface area (TPSA) is 62.4 Å². The molecule has 0 bridgehead atoms. The Morgan fingerprint density at radius 2 is 0.586 bits per heavy atom. The van der Waals surface area contributed by atoms with Gasteiger partial charge in [0.2, 0.25) is 5.92 Å². The van der Waals surface area contributed by atoms with Crippen LogP contribution >= 0.6 is 0 Å². The standard InChI is InChI=1S/C17H33NO2.C16H31N.C14H27NO2.C14H27N.C13H24F2.C13H27NO/c1-14(2,3)13-9-17(10-18(13)15(4,5)6)19-11-16(7,8)12-20-17;1-14(2,3)13-11-16(9-7-8-10-16)12-17(13)15(4,5)6;1-12(2,3)11-9-14(16-7-8-17-14)10-15(11)13(4,5)6;1-12(2,3)11-9-14(7-8-14)10-15(11)13(4,5)6;1-11(2,3)9-7-13(14,15)8-10(9)12(4,5)6;1-11(2,3)10-9-15-13(7,8)14(10)12(4,5)6/h13H,9-12H2,1-8H3;13H,7-12H2,1-6H3;11H,7-10H2,1-6H3;11H,7-10H2,1-6H3;9-10H,7-8H2,1-6H3;10H,9H2,1-8H3. The van der Waals surface area contributed by atoms with E-state index in [0.717, 1.165) is 76.5 Å². The van der Waals surface area contributed by atoms with Gasteiger partial charge in [-0.1, -0.05) is 172 Å². The van der Waals surface area contributed by atoms with Crippen molar-refractivity contribution >= 4 is 0 Å².